The lowest BCUT2D eigenvalue weighted by Crippen LogP contribution is -2.63. The molecule has 0 aromatic carbocycles. The summed E-state index contributed by atoms with van der Waals surface area (Å²) in [6.45, 7) is 11.9. The Morgan fingerprint density at radius 3 is 2.64 bits per heavy atom. The Morgan fingerprint density at radius 2 is 2.04 bits per heavy atom. The maximum atomic E-state index is 13.3. The third kappa shape index (κ3) is 5.23. The molecule has 0 spiro atoms. The highest BCUT2D eigenvalue weighted by atomic mass is 32.1. The van der Waals surface area contributed by atoms with Crippen LogP contribution >= 0.6 is 11.3 Å². The summed E-state index contributed by atoms with van der Waals surface area (Å²) in [7, 11) is 0. The molecule has 3 rings (SSSR count). The lowest BCUT2D eigenvalue weighted by Gasteiger charge is -2.49. The molecule has 1 aliphatic rings. The topological polar surface area (TPSA) is 58.4 Å². The van der Waals surface area contributed by atoms with E-state index in [1.54, 1.807) is 6.26 Å². The van der Waals surface area contributed by atoms with Crippen LogP contribution in [0.2, 0.25) is 0 Å². The Kier molecular flexibility index (Phi) is 6.30. The molecular weight excluding hydrogens is 370 g/mol. The summed E-state index contributed by atoms with van der Waals surface area (Å²) in [5.74, 6) is 0.941. The van der Waals surface area contributed by atoms with Gasteiger partial charge in [0.05, 0.1) is 18.4 Å². The van der Waals surface area contributed by atoms with E-state index < -0.39 is 0 Å². The van der Waals surface area contributed by atoms with Crippen LogP contribution < -0.4 is 5.32 Å². The molecule has 28 heavy (non-hydrogen) atoms. The number of rotatable bonds is 7. The van der Waals surface area contributed by atoms with E-state index in [0.717, 1.165) is 48.7 Å². The number of piperidine rings is 1. The second-order valence-corrected chi connectivity index (χ2v) is 10.1. The molecule has 2 aromatic rings. The van der Waals surface area contributed by atoms with Crippen molar-refractivity contribution in [3.8, 4) is 10.8 Å². The van der Waals surface area contributed by atoms with Crippen molar-refractivity contribution in [1.82, 2.24) is 15.2 Å². The first-order valence-corrected chi connectivity index (χ1v) is 11.1. The van der Waals surface area contributed by atoms with Gasteiger partial charge >= 0.3 is 0 Å². The number of amides is 1. The van der Waals surface area contributed by atoms with Crippen LogP contribution in [0.4, 0.5) is 0 Å². The van der Waals surface area contributed by atoms with Crippen LogP contribution in [0, 0.1) is 0 Å². The Labute approximate surface area is 172 Å². The molecule has 1 saturated heterocycles. The van der Waals surface area contributed by atoms with Gasteiger partial charge < -0.3 is 14.6 Å². The fourth-order valence-corrected chi connectivity index (χ4v) is 5.27. The summed E-state index contributed by atoms with van der Waals surface area (Å²) >= 11 is 1.53. The number of aromatic nitrogens is 1. The van der Waals surface area contributed by atoms with Crippen molar-refractivity contribution >= 4 is 17.2 Å². The number of hydrogen-bond donors (Lipinski definition) is 1. The first kappa shape index (κ1) is 21.1. The molecule has 3 heterocycles. The Bertz CT molecular complexity index is 764. The molecule has 0 saturated carbocycles. The Morgan fingerprint density at radius 1 is 1.32 bits per heavy atom. The minimum atomic E-state index is 0.0181. The molecule has 0 aliphatic carbocycles. The van der Waals surface area contributed by atoms with Gasteiger partial charge in [-0.15, -0.1) is 11.3 Å². The van der Waals surface area contributed by atoms with Gasteiger partial charge in [0.15, 0.2) is 10.8 Å². The summed E-state index contributed by atoms with van der Waals surface area (Å²) in [5, 5.41) is 6.53. The van der Waals surface area contributed by atoms with Crippen LogP contribution in [-0.2, 0) is 11.2 Å². The van der Waals surface area contributed by atoms with Crippen LogP contribution in [0.25, 0.3) is 10.8 Å². The molecule has 2 aromatic heterocycles. The number of furan rings is 1. The molecule has 5 nitrogen and oxygen atoms in total. The van der Waals surface area contributed by atoms with Crippen molar-refractivity contribution in [2.24, 2.45) is 0 Å². The highest BCUT2D eigenvalue weighted by Crippen LogP contribution is 2.32. The van der Waals surface area contributed by atoms with Crippen LogP contribution in [0.3, 0.4) is 0 Å². The molecule has 1 aliphatic heterocycles. The maximum absolute atomic E-state index is 13.3. The summed E-state index contributed by atoms with van der Waals surface area (Å²) < 4.78 is 5.43. The molecular formula is C22H33N3O2S. The van der Waals surface area contributed by atoms with Gasteiger partial charge in [-0.1, -0.05) is 13.3 Å². The van der Waals surface area contributed by atoms with Gasteiger partial charge in [-0.25, -0.2) is 4.98 Å². The van der Waals surface area contributed by atoms with Crippen molar-refractivity contribution in [3.05, 3.63) is 29.5 Å². The molecule has 0 radical (unpaired) electrons. The van der Waals surface area contributed by atoms with Gasteiger partial charge in [0.2, 0.25) is 5.91 Å². The summed E-state index contributed by atoms with van der Waals surface area (Å²) in [5.41, 5.74) is 0.865. The standard InChI is InChI=1S/C22H33N3O2S/c1-6-7-10-25(17-13-21(2,3)24-22(4,5)14-17)19(26)12-16-15-28-20(23-16)18-9-8-11-27-18/h8-9,11,15,17,24H,6-7,10,12-14H2,1-5H3. The van der Waals surface area contributed by atoms with Crippen LogP contribution in [0.15, 0.2) is 28.2 Å². The van der Waals surface area contributed by atoms with E-state index in [1.165, 1.54) is 11.3 Å². The van der Waals surface area contributed by atoms with Gasteiger partial charge in [-0.3, -0.25) is 4.79 Å². The molecule has 1 amide bonds. The van der Waals surface area contributed by atoms with E-state index in [0.29, 0.717) is 6.42 Å². The average Bonchev–Trinajstić information content (AvgIpc) is 3.23. The first-order chi connectivity index (χ1) is 13.2. The van der Waals surface area contributed by atoms with Crippen molar-refractivity contribution < 1.29 is 9.21 Å². The number of nitrogens with zero attached hydrogens (tertiary/aromatic N) is 2. The number of unbranched alkanes of at least 4 members (excludes halogenated alkanes) is 1. The van der Waals surface area contributed by atoms with Crippen molar-refractivity contribution in [1.29, 1.82) is 0 Å². The fourth-order valence-electron chi connectivity index (χ4n) is 4.49. The average molecular weight is 404 g/mol. The van der Waals surface area contributed by atoms with Gasteiger partial charge in [0, 0.05) is 29.0 Å². The van der Waals surface area contributed by atoms with Crippen molar-refractivity contribution in [2.45, 2.75) is 83.8 Å². The minimum absolute atomic E-state index is 0.0181. The summed E-state index contributed by atoms with van der Waals surface area (Å²) in [6.07, 6.45) is 6.06. The normalized spacial score (nSPS) is 18.9. The number of thiazole rings is 1. The Balaban J connectivity index is 1.74. The smallest absolute Gasteiger partial charge is 0.228 e. The number of carbonyl (C=O) groups is 1. The molecule has 1 N–H and O–H groups in total. The van der Waals surface area contributed by atoms with E-state index in [1.807, 2.05) is 17.5 Å². The van der Waals surface area contributed by atoms with Crippen molar-refractivity contribution in [2.75, 3.05) is 6.54 Å². The van der Waals surface area contributed by atoms with Crippen LogP contribution in [-0.4, -0.2) is 39.5 Å². The number of hydrogen-bond acceptors (Lipinski definition) is 5. The van der Waals surface area contributed by atoms with Crippen LogP contribution in [0.5, 0.6) is 0 Å². The zero-order valence-corrected chi connectivity index (χ0v) is 18.6. The highest BCUT2D eigenvalue weighted by molar-refractivity contribution is 7.13. The van der Waals surface area contributed by atoms with Crippen molar-refractivity contribution in [3.63, 3.8) is 0 Å². The molecule has 0 unspecified atom stereocenters. The Hall–Kier alpha value is -1.66. The van der Waals surface area contributed by atoms with Gasteiger partial charge in [0.25, 0.3) is 0 Å². The maximum Gasteiger partial charge on any atom is 0.228 e. The molecule has 0 bridgehead atoms. The van der Waals surface area contributed by atoms with Gasteiger partial charge in [-0.2, -0.15) is 0 Å². The monoisotopic (exact) mass is 403 g/mol. The van der Waals surface area contributed by atoms with E-state index in [9.17, 15) is 4.79 Å². The van der Waals surface area contributed by atoms with E-state index in [2.05, 4.69) is 49.8 Å². The van der Waals surface area contributed by atoms with E-state index in [-0.39, 0.29) is 23.0 Å². The molecule has 154 valence electrons. The first-order valence-electron chi connectivity index (χ1n) is 10.3. The number of carbonyl (C=O) groups excluding carboxylic acids is 1. The quantitative estimate of drug-likeness (QED) is 0.715. The SMILES string of the molecule is CCCCN(C(=O)Cc1csc(-c2ccco2)n1)C1CC(C)(C)NC(C)(C)C1. The summed E-state index contributed by atoms with van der Waals surface area (Å²) in [4.78, 5) is 20.0. The fraction of sp³-hybridized carbons (Fsp3) is 0.636. The van der Waals surface area contributed by atoms with E-state index >= 15 is 0 Å². The van der Waals surface area contributed by atoms with Gasteiger partial charge in [-0.05, 0) is 59.1 Å². The highest BCUT2D eigenvalue weighted by Gasteiger charge is 2.41. The summed E-state index contributed by atoms with van der Waals surface area (Å²) in [6, 6.07) is 4.01. The second-order valence-electron chi connectivity index (χ2n) is 9.19. The zero-order chi connectivity index (χ0) is 20.4. The molecule has 0 atom stereocenters. The molecule has 1 fully saturated rings. The predicted molar refractivity (Wildman–Crippen MR) is 114 cm³/mol. The lowest BCUT2D eigenvalue weighted by atomic mass is 9.79. The minimum Gasteiger partial charge on any atom is -0.462 e. The largest absolute Gasteiger partial charge is 0.462 e. The van der Waals surface area contributed by atoms with Crippen LogP contribution in [0.1, 0.15) is 66.0 Å². The number of nitrogens with one attached hydrogen (secondary N) is 1. The third-order valence-electron chi connectivity index (χ3n) is 5.30. The van der Waals surface area contributed by atoms with Gasteiger partial charge in [0.1, 0.15) is 0 Å². The zero-order valence-electron chi connectivity index (χ0n) is 17.7. The lowest BCUT2D eigenvalue weighted by molar-refractivity contribution is -0.134. The third-order valence-corrected chi connectivity index (χ3v) is 6.20. The predicted octanol–water partition coefficient (Wildman–Crippen LogP) is 4.88. The van der Waals surface area contributed by atoms with E-state index in [4.69, 9.17) is 4.42 Å². The second kappa shape index (κ2) is 8.37. The molecule has 6 heteroatoms.